The molecule has 0 radical (unpaired) electrons. The number of benzene rings is 1. The summed E-state index contributed by atoms with van der Waals surface area (Å²) in [6.45, 7) is 0. The van der Waals surface area contributed by atoms with Crippen LogP contribution in [0.25, 0.3) is 0 Å². The van der Waals surface area contributed by atoms with E-state index in [1.807, 2.05) is 0 Å². The van der Waals surface area contributed by atoms with Gasteiger partial charge in [-0.2, -0.15) is 0 Å². The lowest BCUT2D eigenvalue weighted by Gasteiger charge is -2.00. The van der Waals surface area contributed by atoms with E-state index in [1.54, 1.807) is 12.1 Å². The maximum atomic E-state index is 12.6. The van der Waals surface area contributed by atoms with Crippen molar-refractivity contribution in [2.24, 2.45) is 0 Å². The predicted octanol–water partition coefficient (Wildman–Crippen LogP) is 2.19. The number of aryl methyl sites for hydroxylation is 1. The Bertz CT molecular complexity index is 370. The molecule has 0 bridgehead atoms. The highest BCUT2D eigenvalue weighted by atomic mass is 19.1. The first kappa shape index (κ1) is 12.4. The van der Waals surface area contributed by atoms with Crippen LogP contribution >= 0.6 is 0 Å². The lowest BCUT2D eigenvalue weighted by molar-refractivity contribution is -0.140. The number of Topliss-reactive ketones (excluding diaryl/α,β-unsaturated/α-hetero) is 1. The van der Waals surface area contributed by atoms with Crippen LogP contribution in [0, 0.1) is 5.82 Å². The van der Waals surface area contributed by atoms with Crippen LogP contribution in [0.2, 0.25) is 0 Å². The maximum absolute atomic E-state index is 12.6. The summed E-state index contributed by atoms with van der Waals surface area (Å²) >= 11 is 0. The second kappa shape index (κ2) is 6.00. The highest BCUT2D eigenvalue weighted by molar-refractivity contribution is 5.94. The molecule has 0 spiro atoms. The van der Waals surface area contributed by atoms with E-state index < -0.39 is 12.4 Å². The molecule has 0 saturated carbocycles. The smallest absolute Gasteiger partial charge is 0.310 e. The van der Waals surface area contributed by atoms with Gasteiger partial charge in [0.2, 0.25) is 0 Å². The van der Waals surface area contributed by atoms with Crippen molar-refractivity contribution >= 4 is 11.8 Å². The molecule has 1 N–H and O–H groups in total. The molecule has 3 nitrogen and oxygen atoms in total. The number of hydrogen-bond acceptors (Lipinski definition) is 2. The van der Waals surface area contributed by atoms with Gasteiger partial charge >= 0.3 is 5.97 Å². The number of carboxylic acids is 1. The minimum absolute atomic E-state index is 0.254. The van der Waals surface area contributed by atoms with Crippen molar-refractivity contribution in [3.05, 3.63) is 35.6 Å². The van der Waals surface area contributed by atoms with Crippen LogP contribution in [0.4, 0.5) is 4.39 Å². The molecule has 0 aliphatic rings. The molecule has 4 heteroatoms. The number of carbonyl (C=O) groups is 2. The maximum Gasteiger partial charge on any atom is 0.310 e. The second-order valence-electron chi connectivity index (χ2n) is 3.59. The number of aliphatic carboxylic acids is 1. The van der Waals surface area contributed by atoms with Gasteiger partial charge in [0.1, 0.15) is 18.0 Å². The summed E-state index contributed by atoms with van der Waals surface area (Å²) in [5, 5.41) is 8.37. The summed E-state index contributed by atoms with van der Waals surface area (Å²) in [5.74, 6) is -1.65. The Morgan fingerprint density at radius 2 is 1.81 bits per heavy atom. The molecule has 1 aromatic carbocycles. The zero-order valence-electron chi connectivity index (χ0n) is 8.78. The normalized spacial score (nSPS) is 10.1. The third kappa shape index (κ3) is 4.68. The third-order valence-corrected chi connectivity index (χ3v) is 2.18. The molecule has 16 heavy (non-hydrogen) atoms. The molecule has 0 aliphatic carbocycles. The molecule has 0 amide bonds. The lowest BCUT2D eigenvalue weighted by atomic mass is 10.1. The van der Waals surface area contributed by atoms with Gasteiger partial charge < -0.3 is 5.11 Å². The van der Waals surface area contributed by atoms with Crippen LogP contribution in [0.3, 0.4) is 0 Å². The standard InChI is InChI=1S/C12H13FO3/c13-10-6-4-9(5-7-10)2-1-3-11(14)8-12(15)16/h4-7H,1-3,8H2,(H,15,16). The molecular formula is C12H13FO3. The van der Waals surface area contributed by atoms with Crippen LogP contribution in [0.5, 0.6) is 0 Å². The number of carboxylic acid groups (broad SMARTS) is 1. The average molecular weight is 224 g/mol. The Labute approximate surface area is 92.9 Å². The highest BCUT2D eigenvalue weighted by Gasteiger charge is 2.07. The van der Waals surface area contributed by atoms with Crippen molar-refractivity contribution in [2.75, 3.05) is 0 Å². The zero-order chi connectivity index (χ0) is 12.0. The Morgan fingerprint density at radius 1 is 1.19 bits per heavy atom. The molecule has 86 valence electrons. The average Bonchev–Trinajstić information content (AvgIpc) is 2.20. The van der Waals surface area contributed by atoms with Gasteiger partial charge in [0, 0.05) is 6.42 Å². The van der Waals surface area contributed by atoms with Crippen LogP contribution in [-0.2, 0) is 16.0 Å². The molecule has 0 aliphatic heterocycles. The summed E-state index contributed by atoms with van der Waals surface area (Å²) in [5.41, 5.74) is 0.949. The van der Waals surface area contributed by atoms with Crippen LogP contribution in [0.1, 0.15) is 24.8 Å². The van der Waals surface area contributed by atoms with E-state index in [4.69, 9.17) is 5.11 Å². The first-order chi connectivity index (χ1) is 7.58. The minimum atomic E-state index is -1.09. The van der Waals surface area contributed by atoms with Crippen molar-refractivity contribution in [1.82, 2.24) is 0 Å². The van der Waals surface area contributed by atoms with Crippen LogP contribution < -0.4 is 0 Å². The quantitative estimate of drug-likeness (QED) is 0.753. The van der Waals surface area contributed by atoms with Gasteiger partial charge in [0.15, 0.2) is 0 Å². The second-order valence-corrected chi connectivity index (χ2v) is 3.59. The Morgan fingerprint density at radius 3 is 2.38 bits per heavy atom. The van der Waals surface area contributed by atoms with Gasteiger partial charge in [-0.25, -0.2) is 4.39 Å². The van der Waals surface area contributed by atoms with Crippen molar-refractivity contribution in [1.29, 1.82) is 0 Å². The summed E-state index contributed by atoms with van der Waals surface area (Å²) in [6.07, 6.45) is 1.09. The van der Waals surface area contributed by atoms with E-state index in [-0.39, 0.29) is 18.0 Å². The fourth-order valence-electron chi connectivity index (χ4n) is 1.40. The van der Waals surface area contributed by atoms with Crippen LogP contribution in [-0.4, -0.2) is 16.9 Å². The SMILES string of the molecule is O=C(O)CC(=O)CCCc1ccc(F)cc1. The van der Waals surface area contributed by atoms with Gasteiger partial charge in [0.05, 0.1) is 0 Å². The monoisotopic (exact) mass is 224 g/mol. The Hall–Kier alpha value is -1.71. The van der Waals surface area contributed by atoms with Gasteiger partial charge in [-0.05, 0) is 30.5 Å². The molecule has 0 saturated heterocycles. The summed E-state index contributed by atoms with van der Waals surface area (Å²) in [4.78, 5) is 21.3. The van der Waals surface area contributed by atoms with E-state index in [2.05, 4.69) is 0 Å². The van der Waals surface area contributed by atoms with Gasteiger partial charge in [-0.1, -0.05) is 12.1 Å². The molecule has 0 atom stereocenters. The van der Waals surface area contributed by atoms with Crippen molar-refractivity contribution in [2.45, 2.75) is 25.7 Å². The fourth-order valence-corrected chi connectivity index (χ4v) is 1.40. The number of hydrogen-bond donors (Lipinski definition) is 1. The zero-order valence-corrected chi connectivity index (χ0v) is 8.78. The van der Waals surface area contributed by atoms with Gasteiger partial charge in [0.25, 0.3) is 0 Å². The van der Waals surface area contributed by atoms with E-state index >= 15 is 0 Å². The van der Waals surface area contributed by atoms with Crippen LogP contribution in [0.15, 0.2) is 24.3 Å². The number of carbonyl (C=O) groups excluding carboxylic acids is 1. The number of halogens is 1. The van der Waals surface area contributed by atoms with Gasteiger partial charge in [-0.15, -0.1) is 0 Å². The van der Waals surface area contributed by atoms with E-state index in [9.17, 15) is 14.0 Å². The molecular weight excluding hydrogens is 211 g/mol. The first-order valence-electron chi connectivity index (χ1n) is 5.06. The molecule has 1 rings (SSSR count). The highest BCUT2D eigenvalue weighted by Crippen LogP contribution is 2.07. The van der Waals surface area contributed by atoms with E-state index in [0.29, 0.717) is 12.8 Å². The molecule has 0 heterocycles. The summed E-state index contributed by atoms with van der Waals surface area (Å²) in [7, 11) is 0. The Balaban J connectivity index is 2.28. The van der Waals surface area contributed by atoms with Crippen molar-refractivity contribution in [3.63, 3.8) is 0 Å². The van der Waals surface area contributed by atoms with Crippen molar-refractivity contribution in [3.8, 4) is 0 Å². The summed E-state index contributed by atoms with van der Waals surface area (Å²) < 4.78 is 12.6. The molecule has 0 fully saturated rings. The molecule has 0 aromatic heterocycles. The fraction of sp³-hybridized carbons (Fsp3) is 0.333. The first-order valence-corrected chi connectivity index (χ1v) is 5.06. The topological polar surface area (TPSA) is 54.4 Å². The largest absolute Gasteiger partial charge is 0.481 e. The molecule has 1 aromatic rings. The van der Waals surface area contributed by atoms with Gasteiger partial charge in [-0.3, -0.25) is 9.59 Å². The molecule has 0 unspecified atom stereocenters. The third-order valence-electron chi connectivity index (χ3n) is 2.18. The lowest BCUT2D eigenvalue weighted by Crippen LogP contribution is -2.06. The van der Waals surface area contributed by atoms with Crippen molar-refractivity contribution < 1.29 is 19.1 Å². The van der Waals surface area contributed by atoms with E-state index in [0.717, 1.165) is 5.56 Å². The minimum Gasteiger partial charge on any atom is -0.481 e. The van der Waals surface area contributed by atoms with E-state index in [1.165, 1.54) is 12.1 Å². The summed E-state index contributed by atoms with van der Waals surface area (Å²) in [6, 6.07) is 6.07. The number of rotatable bonds is 6. The predicted molar refractivity (Wildman–Crippen MR) is 56.6 cm³/mol. The Kier molecular flexibility index (Phi) is 4.64. The number of ketones is 1.